The van der Waals surface area contributed by atoms with Crippen LogP contribution in [0.15, 0.2) is 45.8 Å². The second-order valence-electron chi connectivity index (χ2n) is 3.08. The molecule has 1 heterocycles. The van der Waals surface area contributed by atoms with Gasteiger partial charge in [0.1, 0.15) is 4.47 Å². The van der Waals surface area contributed by atoms with Crippen LogP contribution in [0.4, 0.5) is 0 Å². The van der Waals surface area contributed by atoms with E-state index in [1.165, 1.54) is 18.0 Å². The Kier molecular flexibility index (Phi) is 3.05. The number of benzene rings is 1. The summed E-state index contributed by atoms with van der Waals surface area (Å²) in [5.74, 6) is 0.428. The van der Waals surface area contributed by atoms with Crippen LogP contribution in [0.5, 0.6) is 5.75 Å². The second-order valence-corrected chi connectivity index (χ2v) is 3.87. The van der Waals surface area contributed by atoms with E-state index in [9.17, 15) is 4.79 Å². The lowest BCUT2D eigenvalue weighted by atomic mass is 10.3. The van der Waals surface area contributed by atoms with E-state index < -0.39 is 0 Å². The van der Waals surface area contributed by atoms with Gasteiger partial charge in [0, 0.05) is 0 Å². The van der Waals surface area contributed by atoms with Crippen molar-refractivity contribution in [3.8, 4) is 11.4 Å². The van der Waals surface area contributed by atoms with Crippen molar-refractivity contribution in [2.75, 3.05) is 7.11 Å². The zero-order valence-electron chi connectivity index (χ0n) is 8.55. The molecule has 16 heavy (non-hydrogen) atoms. The molecule has 0 bridgehead atoms. The maximum atomic E-state index is 11.9. The zero-order valence-corrected chi connectivity index (χ0v) is 10.1. The van der Waals surface area contributed by atoms with Crippen LogP contribution in [-0.4, -0.2) is 16.9 Å². The number of methoxy groups -OCH3 is 1. The van der Waals surface area contributed by atoms with Crippen LogP contribution in [0.1, 0.15) is 0 Å². The fraction of sp³-hybridized carbons (Fsp3) is 0.0909. The number of para-hydroxylation sites is 1. The van der Waals surface area contributed by atoms with E-state index in [1.54, 1.807) is 0 Å². The quantitative estimate of drug-likeness (QED) is 0.845. The Morgan fingerprint density at radius 2 is 2.00 bits per heavy atom. The van der Waals surface area contributed by atoms with Gasteiger partial charge in [-0.2, -0.15) is 9.78 Å². The highest BCUT2D eigenvalue weighted by molar-refractivity contribution is 9.10. The molecule has 82 valence electrons. The van der Waals surface area contributed by atoms with Gasteiger partial charge in [-0.1, -0.05) is 18.2 Å². The number of nitrogens with zero attached hydrogens (tertiary/aromatic N) is 2. The second kappa shape index (κ2) is 4.49. The van der Waals surface area contributed by atoms with Gasteiger partial charge in [-0.25, -0.2) is 0 Å². The van der Waals surface area contributed by atoms with Gasteiger partial charge in [0.25, 0.3) is 5.56 Å². The number of halogens is 1. The average Bonchev–Trinajstić information content (AvgIpc) is 2.34. The Morgan fingerprint density at radius 3 is 2.62 bits per heavy atom. The molecule has 0 unspecified atom stereocenters. The molecule has 2 aromatic rings. The van der Waals surface area contributed by atoms with Crippen molar-refractivity contribution < 1.29 is 4.74 Å². The van der Waals surface area contributed by atoms with Crippen LogP contribution >= 0.6 is 15.9 Å². The zero-order chi connectivity index (χ0) is 11.5. The van der Waals surface area contributed by atoms with E-state index in [4.69, 9.17) is 4.74 Å². The Balaban J connectivity index is 2.61. The molecule has 0 fully saturated rings. The van der Waals surface area contributed by atoms with Gasteiger partial charge in [-0.05, 0) is 28.1 Å². The van der Waals surface area contributed by atoms with Crippen LogP contribution in [-0.2, 0) is 0 Å². The standard InChI is InChI=1S/C11H9BrN2O2/c1-16-9-7-13-14(11(15)10(9)12)8-5-3-2-4-6-8/h2-7H,1H3. The largest absolute Gasteiger partial charge is 0.494 e. The molecular weight excluding hydrogens is 272 g/mol. The van der Waals surface area contributed by atoms with E-state index in [2.05, 4.69) is 21.0 Å². The molecule has 0 radical (unpaired) electrons. The molecule has 1 aromatic carbocycles. The first-order valence-electron chi connectivity index (χ1n) is 4.61. The van der Waals surface area contributed by atoms with Gasteiger partial charge in [0.15, 0.2) is 5.75 Å². The van der Waals surface area contributed by atoms with Crippen molar-refractivity contribution in [2.24, 2.45) is 0 Å². The molecule has 5 heteroatoms. The Bertz CT molecular complexity index is 552. The summed E-state index contributed by atoms with van der Waals surface area (Å²) in [5, 5.41) is 4.03. The first-order valence-corrected chi connectivity index (χ1v) is 5.40. The first-order chi connectivity index (χ1) is 7.74. The van der Waals surface area contributed by atoms with Gasteiger partial charge in [-0.3, -0.25) is 4.79 Å². The number of hydrogen-bond acceptors (Lipinski definition) is 3. The van der Waals surface area contributed by atoms with Gasteiger partial charge in [0.2, 0.25) is 0 Å². The van der Waals surface area contributed by atoms with Crippen molar-refractivity contribution in [1.29, 1.82) is 0 Å². The third kappa shape index (κ3) is 1.86. The third-order valence-corrected chi connectivity index (χ3v) is 2.84. The summed E-state index contributed by atoms with van der Waals surface area (Å²) in [4.78, 5) is 11.9. The number of aromatic nitrogens is 2. The van der Waals surface area contributed by atoms with Crippen molar-refractivity contribution in [2.45, 2.75) is 0 Å². The number of hydrogen-bond donors (Lipinski definition) is 0. The molecule has 0 aliphatic heterocycles. The minimum absolute atomic E-state index is 0.245. The van der Waals surface area contributed by atoms with Crippen LogP contribution in [0.3, 0.4) is 0 Å². The van der Waals surface area contributed by atoms with E-state index in [0.717, 1.165) is 5.69 Å². The molecule has 0 saturated carbocycles. The average molecular weight is 281 g/mol. The smallest absolute Gasteiger partial charge is 0.289 e. The number of ether oxygens (including phenoxy) is 1. The topological polar surface area (TPSA) is 44.1 Å². The van der Waals surface area contributed by atoms with Crippen LogP contribution < -0.4 is 10.3 Å². The maximum absolute atomic E-state index is 11.9. The highest BCUT2D eigenvalue weighted by Gasteiger charge is 2.09. The summed E-state index contributed by atoms with van der Waals surface area (Å²) in [6.45, 7) is 0. The Morgan fingerprint density at radius 1 is 1.31 bits per heavy atom. The van der Waals surface area contributed by atoms with Crippen molar-refractivity contribution in [3.05, 3.63) is 51.4 Å². The van der Waals surface area contributed by atoms with Crippen LogP contribution in [0.25, 0.3) is 5.69 Å². The van der Waals surface area contributed by atoms with E-state index in [-0.39, 0.29) is 5.56 Å². The highest BCUT2D eigenvalue weighted by Crippen LogP contribution is 2.18. The Hall–Kier alpha value is -1.62. The van der Waals surface area contributed by atoms with E-state index in [1.807, 2.05) is 30.3 Å². The fourth-order valence-corrected chi connectivity index (χ4v) is 1.75. The summed E-state index contributed by atoms with van der Waals surface area (Å²) >= 11 is 3.19. The first kappa shape index (κ1) is 10.9. The predicted molar refractivity (Wildman–Crippen MR) is 64.1 cm³/mol. The molecule has 0 amide bonds. The summed E-state index contributed by atoms with van der Waals surface area (Å²) in [6, 6.07) is 9.21. The monoisotopic (exact) mass is 280 g/mol. The molecule has 0 atom stereocenters. The molecule has 0 aliphatic rings. The van der Waals surface area contributed by atoms with Gasteiger partial charge < -0.3 is 4.74 Å². The maximum Gasteiger partial charge on any atom is 0.289 e. The predicted octanol–water partition coefficient (Wildman–Crippen LogP) is 2.00. The van der Waals surface area contributed by atoms with Gasteiger partial charge in [0.05, 0.1) is 19.0 Å². The van der Waals surface area contributed by atoms with Crippen LogP contribution in [0, 0.1) is 0 Å². The van der Waals surface area contributed by atoms with Gasteiger partial charge in [-0.15, -0.1) is 0 Å². The minimum atomic E-state index is -0.245. The molecule has 0 spiro atoms. The highest BCUT2D eigenvalue weighted by atomic mass is 79.9. The molecule has 1 aromatic heterocycles. The summed E-state index contributed by atoms with van der Waals surface area (Å²) in [5.41, 5.74) is 0.474. The summed E-state index contributed by atoms with van der Waals surface area (Å²) in [6.07, 6.45) is 1.50. The minimum Gasteiger partial charge on any atom is -0.494 e. The normalized spacial score (nSPS) is 10.1. The molecule has 0 aliphatic carbocycles. The molecule has 2 rings (SSSR count). The lowest BCUT2D eigenvalue weighted by Crippen LogP contribution is -2.21. The molecular formula is C11H9BrN2O2. The van der Waals surface area contributed by atoms with Crippen molar-refractivity contribution in [1.82, 2.24) is 9.78 Å². The lowest BCUT2D eigenvalue weighted by molar-refractivity contribution is 0.406. The SMILES string of the molecule is COc1cnn(-c2ccccc2)c(=O)c1Br. The summed E-state index contributed by atoms with van der Waals surface area (Å²) < 4.78 is 6.68. The fourth-order valence-electron chi connectivity index (χ4n) is 1.31. The Labute approximate surface area is 101 Å². The number of rotatable bonds is 2. The molecule has 0 N–H and O–H groups in total. The van der Waals surface area contributed by atoms with Crippen LogP contribution in [0.2, 0.25) is 0 Å². The van der Waals surface area contributed by atoms with Crippen molar-refractivity contribution in [3.63, 3.8) is 0 Å². The third-order valence-electron chi connectivity index (χ3n) is 2.11. The van der Waals surface area contributed by atoms with E-state index >= 15 is 0 Å². The van der Waals surface area contributed by atoms with Gasteiger partial charge >= 0.3 is 0 Å². The lowest BCUT2D eigenvalue weighted by Gasteiger charge is -2.06. The van der Waals surface area contributed by atoms with E-state index in [0.29, 0.717) is 10.2 Å². The van der Waals surface area contributed by atoms with Crippen molar-refractivity contribution >= 4 is 15.9 Å². The molecule has 4 nitrogen and oxygen atoms in total. The summed E-state index contributed by atoms with van der Waals surface area (Å²) in [7, 11) is 1.49. The molecule has 0 saturated heterocycles.